The normalized spacial score (nSPS) is 11.2. The van der Waals surface area contributed by atoms with Crippen LogP contribution in [0, 0.1) is 0 Å². The summed E-state index contributed by atoms with van der Waals surface area (Å²) in [5.41, 5.74) is -0.713. The minimum atomic E-state index is -4.50. The Morgan fingerprint density at radius 2 is 2.00 bits per heavy atom. The molecule has 0 atom stereocenters. The lowest BCUT2D eigenvalue weighted by Crippen LogP contribution is -2.08. The van der Waals surface area contributed by atoms with E-state index in [9.17, 15) is 18.0 Å². The van der Waals surface area contributed by atoms with Gasteiger partial charge in [-0.3, -0.25) is 4.68 Å². The van der Waals surface area contributed by atoms with Gasteiger partial charge in [-0.1, -0.05) is 18.2 Å². The number of rotatable bonds is 2. The first-order chi connectivity index (χ1) is 8.95. The molecule has 0 aliphatic rings. The van der Waals surface area contributed by atoms with Crippen molar-refractivity contribution in [1.29, 1.82) is 0 Å². The summed E-state index contributed by atoms with van der Waals surface area (Å²) < 4.78 is 40.1. The van der Waals surface area contributed by atoms with Crippen molar-refractivity contribution in [3.05, 3.63) is 36.0 Å². The first-order valence-corrected chi connectivity index (χ1v) is 5.21. The predicted molar refractivity (Wildman–Crippen MR) is 61.4 cm³/mol. The lowest BCUT2D eigenvalue weighted by atomic mass is 10.0. The van der Waals surface area contributed by atoms with Gasteiger partial charge in [-0.05, 0) is 6.07 Å². The highest BCUT2D eigenvalue weighted by Crippen LogP contribution is 2.39. The number of aliphatic imine (C=N–C) groups is 1. The molecule has 1 aromatic heterocycles. The van der Waals surface area contributed by atoms with E-state index in [2.05, 4.69) is 10.1 Å². The quantitative estimate of drug-likeness (QED) is 0.620. The molecule has 0 aliphatic carbocycles. The summed E-state index contributed by atoms with van der Waals surface area (Å²) in [6.45, 7) is 0. The fraction of sp³-hybridized carbons (Fsp3) is 0.167. The van der Waals surface area contributed by atoms with Gasteiger partial charge in [0.2, 0.25) is 6.08 Å². The molecule has 0 spiro atoms. The number of carbonyl (C=O) groups excluding carboxylic acids is 1. The Labute approximate surface area is 106 Å². The van der Waals surface area contributed by atoms with Crippen molar-refractivity contribution in [3.8, 4) is 11.3 Å². The van der Waals surface area contributed by atoms with E-state index in [-0.39, 0.29) is 16.9 Å². The van der Waals surface area contributed by atoms with Gasteiger partial charge >= 0.3 is 6.18 Å². The highest BCUT2D eigenvalue weighted by molar-refractivity contribution is 5.76. The summed E-state index contributed by atoms with van der Waals surface area (Å²) in [5, 5.41) is 3.81. The van der Waals surface area contributed by atoms with E-state index in [1.807, 2.05) is 0 Å². The Bertz CT molecular complexity index is 654. The van der Waals surface area contributed by atoms with Crippen LogP contribution in [0.4, 0.5) is 18.9 Å². The van der Waals surface area contributed by atoms with E-state index in [1.54, 1.807) is 0 Å². The number of aryl methyl sites for hydroxylation is 1. The van der Waals surface area contributed by atoms with Crippen molar-refractivity contribution in [1.82, 2.24) is 9.78 Å². The molecule has 0 unspecified atom stereocenters. The second-order valence-electron chi connectivity index (χ2n) is 3.75. The molecule has 2 aromatic rings. The highest BCUT2D eigenvalue weighted by Gasteiger charge is 2.34. The van der Waals surface area contributed by atoms with E-state index in [0.29, 0.717) is 0 Å². The Morgan fingerprint density at radius 3 is 2.63 bits per heavy atom. The molecule has 7 heteroatoms. The first kappa shape index (κ1) is 13.0. The maximum absolute atomic E-state index is 13.0. The van der Waals surface area contributed by atoms with Gasteiger partial charge in [-0.2, -0.15) is 23.3 Å². The molecule has 0 saturated heterocycles. The van der Waals surface area contributed by atoms with Crippen molar-refractivity contribution in [2.45, 2.75) is 6.18 Å². The van der Waals surface area contributed by atoms with Gasteiger partial charge in [0.1, 0.15) is 5.69 Å². The molecule has 0 saturated carbocycles. The lowest BCUT2D eigenvalue weighted by Gasteiger charge is -2.13. The van der Waals surface area contributed by atoms with Crippen molar-refractivity contribution in [3.63, 3.8) is 0 Å². The van der Waals surface area contributed by atoms with Crippen molar-refractivity contribution >= 4 is 11.8 Å². The van der Waals surface area contributed by atoms with E-state index >= 15 is 0 Å². The molecule has 1 aromatic carbocycles. The smallest absolute Gasteiger partial charge is 0.266 e. The molecule has 0 fully saturated rings. The van der Waals surface area contributed by atoms with Gasteiger partial charge < -0.3 is 0 Å². The van der Waals surface area contributed by atoms with Crippen LogP contribution >= 0.6 is 0 Å². The lowest BCUT2D eigenvalue weighted by molar-refractivity contribution is -0.137. The molecule has 2 rings (SSSR count). The second-order valence-corrected chi connectivity index (χ2v) is 3.75. The number of aromatic nitrogens is 2. The second kappa shape index (κ2) is 4.70. The molecule has 0 radical (unpaired) electrons. The van der Waals surface area contributed by atoms with E-state index < -0.39 is 11.7 Å². The minimum absolute atomic E-state index is 0.0502. The van der Waals surface area contributed by atoms with Gasteiger partial charge in [-0.15, -0.1) is 0 Å². The van der Waals surface area contributed by atoms with Crippen LogP contribution in [-0.2, 0) is 18.0 Å². The average molecular weight is 267 g/mol. The number of nitrogens with zero attached hydrogens (tertiary/aromatic N) is 3. The van der Waals surface area contributed by atoms with Crippen LogP contribution in [0.25, 0.3) is 11.3 Å². The van der Waals surface area contributed by atoms with Crippen LogP contribution < -0.4 is 0 Å². The summed E-state index contributed by atoms with van der Waals surface area (Å²) >= 11 is 0. The molecule has 0 amide bonds. The zero-order valence-corrected chi connectivity index (χ0v) is 9.77. The number of halogens is 3. The third-order valence-electron chi connectivity index (χ3n) is 2.57. The summed E-state index contributed by atoms with van der Waals surface area (Å²) in [6, 6.07) is 5.05. The Balaban J connectivity index is 2.73. The average Bonchev–Trinajstić information content (AvgIpc) is 2.70. The largest absolute Gasteiger partial charge is 0.417 e. The van der Waals surface area contributed by atoms with Gasteiger partial charge in [0, 0.05) is 12.6 Å². The zero-order valence-electron chi connectivity index (χ0n) is 9.77. The maximum atomic E-state index is 13.0. The topological polar surface area (TPSA) is 47.2 Å². The molecule has 0 aliphatic heterocycles. The monoisotopic (exact) mass is 267 g/mol. The van der Waals surface area contributed by atoms with Gasteiger partial charge in [0.25, 0.3) is 0 Å². The molecule has 98 valence electrons. The zero-order chi connectivity index (χ0) is 14.0. The van der Waals surface area contributed by atoms with Crippen molar-refractivity contribution < 1.29 is 18.0 Å². The molecule has 19 heavy (non-hydrogen) atoms. The third-order valence-corrected chi connectivity index (χ3v) is 2.57. The third kappa shape index (κ3) is 2.41. The summed E-state index contributed by atoms with van der Waals surface area (Å²) in [6.07, 6.45) is -1.98. The van der Waals surface area contributed by atoms with Crippen molar-refractivity contribution in [2.75, 3.05) is 0 Å². The van der Waals surface area contributed by atoms with Gasteiger partial charge in [0.15, 0.2) is 0 Å². The number of hydrogen-bond acceptors (Lipinski definition) is 3. The molecular weight excluding hydrogens is 259 g/mol. The predicted octanol–water partition coefficient (Wildman–Crippen LogP) is 3.07. The molecular formula is C12H8F3N3O. The van der Waals surface area contributed by atoms with Gasteiger partial charge in [0.05, 0.1) is 17.5 Å². The van der Waals surface area contributed by atoms with Crippen LogP contribution in [0.1, 0.15) is 5.56 Å². The Hall–Kier alpha value is -2.40. The van der Waals surface area contributed by atoms with Crippen LogP contribution in [0.2, 0.25) is 0 Å². The van der Waals surface area contributed by atoms with E-state index in [4.69, 9.17) is 0 Å². The van der Waals surface area contributed by atoms with Crippen LogP contribution in [0.3, 0.4) is 0 Å². The molecule has 1 heterocycles. The van der Waals surface area contributed by atoms with E-state index in [0.717, 1.165) is 6.07 Å². The first-order valence-electron chi connectivity index (χ1n) is 5.21. The number of benzene rings is 1. The number of isocyanates is 1. The molecule has 4 nitrogen and oxygen atoms in total. The SMILES string of the molecule is Cn1ncc(N=C=O)c1-c1ccccc1C(F)(F)F. The van der Waals surface area contributed by atoms with Crippen LogP contribution in [0.15, 0.2) is 35.5 Å². The molecule has 0 bridgehead atoms. The fourth-order valence-electron chi connectivity index (χ4n) is 1.81. The van der Waals surface area contributed by atoms with Crippen molar-refractivity contribution in [2.24, 2.45) is 12.0 Å². The fourth-order valence-corrected chi connectivity index (χ4v) is 1.81. The van der Waals surface area contributed by atoms with Crippen LogP contribution in [-0.4, -0.2) is 15.9 Å². The maximum Gasteiger partial charge on any atom is 0.417 e. The summed E-state index contributed by atoms with van der Waals surface area (Å²) in [5.74, 6) is 0. The van der Waals surface area contributed by atoms with Gasteiger partial charge in [-0.25, -0.2) is 4.79 Å². The Kier molecular flexibility index (Phi) is 3.23. The van der Waals surface area contributed by atoms with E-state index in [1.165, 1.54) is 42.2 Å². The number of alkyl halides is 3. The molecule has 0 N–H and O–H groups in total. The summed E-state index contributed by atoms with van der Waals surface area (Å²) in [7, 11) is 1.48. The Morgan fingerprint density at radius 1 is 1.32 bits per heavy atom. The standard InChI is InChI=1S/C12H8F3N3O/c1-18-11(10(6-17-18)16-7-19)8-4-2-3-5-9(8)12(13,14)15/h2-6H,1H3. The number of hydrogen-bond donors (Lipinski definition) is 0. The highest BCUT2D eigenvalue weighted by atomic mass is 19.4. The summed E-state index contributed by atoms with van der Waals surface area (Å²) in [4.78, 5) is 13.7. The van der Waals surface area contributed by atoms with Crippen LogP contribution in [0.5, 0.6) is 0 Å². The minimum Gasteiger partial charge on any atom is -0.266 e.